The molecule has 0 aromatic rings. The van der Waals surface area contributed by atoms with Crippen LogP contribution < -0.4 is 5.48 Å². The van der Waals surface area contributed by atoms with Crippen molar-refractivity contribution in [3.05, 3.63) is 0 Å². The molecule has 3 nitrogen and oxygen atoms in total. The van der Waals surface area contributed by atoms with Crippen LogP contribution in [0.25, 0.3) is 0 Å². The second-order valence-corrected chi connectivity index (χ2v) is 2.90. The SMILES string of the molecule is CC(C)CONCC(C)O. The Morgan fingerprint density at radius 2 is 2.00 bits per heavy atom. The summed E-state index contributed by atoms with van der Waals surface area (Å²) in [6.45, 7) is 7.04. The van der Waals surface area contributed by atoms with E-state index in [-0.39, 0.29) is 6.10 Å². The molecular formula is C7H17NO2. The van der Waals surface area contributed by atoms with Gasteiger partial charge < -0.3 is 9.94 Å². The molecule has 0 aliphatic heterocycles. The Bertz CT molecular complexity index is 64.0. The molecule has 0 fully saturated rings. The van der Waals surface area contributed by atoms with E-state index in [0.29, 0.717) is 19.1 Å². The highest BCUT2D eigenvalue weighted by Crippen LogP contribution is 1.89. The zero-order chi connectivity index (χ0) is 7.98. The molecule has 0 aromatic carbocycles. The minimum absolute atomic E-state index is 0.341. The van der Waals surface area contributed by atoms with Crippen LogP contribution in [0.5, 0.6) is 0 Å². The van der Waals surface area contributed by atoms with Crippen molar-refractivity contribution in [2.24, 2.45) is 5.92 Å². The fraction of sp³-hybridized carbons (Fsp3) is 1.00. The summed E-state index contributed by atoms with van der Waals surface area (Å²) >= 11 is 0. The van der Waals surface area contributed by atoms with Gasteiger partial charge in [0, 0.05) is 6.54 Å². The molecule has 0 bridgehead atoms. The van der Waals surface area contributed by atoms with Crippen LogP contribution in [-0.4, -0.2) is 24.4 Å². The van der Waals surface area contributed by atoms with Crippen LogP contribution in [0.3, 0.4) is 0 Å². The number of hydrogen-bond donors (Lipinski definition) is 2. The molecule has 3 heteroatoms. The van der Waals surface area contributed by atoms with E-state index in [2.05, 4.69) is 19.3 Å². The van der Waals surface area contributed by atoms with E-state index in [1.807, 2.05) is 0 Å². The largest absolute Gasteiger partial charge is 0.392 e. The minimum atomic E-state index is -0.341. The highest BCUT2D eigenvalue weighted by molar-refractivity contribution is 4.44. The summed E-state index contributed by atoms with van der Waals surface area (Å²) in [4.78, 5) is 5.00. The average Bonchev–Trinajstić information content (AvgIpc) is 1.79. The summed E-state index contributed by atoms with van der Waals surface area (Å²) in [5, 5.41) is 8.78. The molecule has 0 aliphatic rings. The summed E-state index contributed by atoms with van der Waals surface area (Å²) in [6, 6.07) is 0. The molecule has 0 rings (SSSR count). The summed E-state index contributed by atoms with van der Waals surface area (Å²) in [7, 11) is 0. The van der Waals surface area contributed by atoms with E-state index < -0.39 is 0 Å². The number of rotatable bonds is 5. The average molecular weight is 147 g/mol. The first-order valence-corrected chi connectivity index (χ1v) is 3.65. The molecule has 0 amide bonds. The zero-order valence-electron chi connectivity index (χ0n) is 6.92. The molecule has 0 heterocycles. The predicted octanol–water partition coefficient (Wildman–Crippen LogP) is 0.544. The number of aliphatic hydroxyl groups excluding tert-OH is 1. The van der Waals surface area contributed by atoms with Gasteiger partial charge >= 0.3 is 0 Å². The predicted molar refractivity (Wildman–Crippen MR) is 40.5 cm³/mol. The van der Waals surface area contributed by atoms with Gasteiger partial charge in [-0.3, -0.25) is 0 Å². The monoisotopic (exact) mass is 147 g/mol. The summed E-state index contributed by atoms with van der Waals surface area (Å²) in [5.41, 5.74) is 2.67. The van der Waals surface area contributed by atoms with Crippen molar-refractivity contribution in [1.29, 1.82) is 0 Å². The molecule has 0 aliphatic carbocycles. The molecule has 62 valence electrons. The molecule has 1 atom stereocenters. The van der Waals surface area contributed by atoms with Gasteiger partial charge in [0.2, 0.25) is 0 Å². The van der Waals surface area contributed by atoms with Crippen LogP contribution in [0.15, 0.2) is 0 Å². The van der Waals surface area contributed by atoms with Crippen molar-refractivity contribution in [3.63, 3.8) is 0 Å². The van der Waals surface area contributed by atoms with Gasteiger partial charge in [-0.2, -0.15) is 5.48 Å². The number of aliphatic hydroxyl groups is 1. The molecule has 0 saturated heterocycles. The lowest BCUT2D eigenvalue weighted by atomic mass is 10.2. The Labute approximate surface area is 62.3 Å². The first-order valence-electron chi connectivity index (χ1n) is 3.65. The molecule has 10 heavy (non-hydrogen) atoms. The maximum atomic E-state index is 8.78. The normalized spacial score (nSPS) is 14.1. The van der Waals surface area contributed by atoms with E-state index >= 15 is 0 Å². The molecule has 1 unspecified atom stereocenters. The first-order chi connectivity index (χ1) is 4.63. The quantitative estimate of drug-likeness (QED) is 0.440. The Balaban J connectivity index is 2.91. The van der Waals surface area contributed by atoms with Gasteiger partial charge in [0.05, 0.1) is 12.7 Å². The third-order valence-corrected chi connectivity index (χ3v) is 0.897. The van der Waals surface area contributed by atoms with Crippen LogP contribution in [0, 0.1) is 5.92 Å². The van der Waals surface area contributed by atoms with Crippen molar-refractivity contribution in [3.8, 4) is 0 Å². The zero-order valence-corrected chi connectivity index (χ0v) is 6.92. The highest BCUT2D eigenvalue weighted by Gasteiger charge is 1.95. The Morgan fingerprint density at radius 3 is 2.40 bits per heavy atom. The van der Waals surface area contributed by atoms with Crippen molar-refractivity contribution >= 4 is 0 Å². The lowest BCUT2D eigenvalue weighted by Gasteiger charge is -2.08. The highest BCUT2D eigenvalue weighted by atomic mass is 16.6. The second kappa shape index (κ2) is 5.65. The van der Waals surface area contributed by atoms with E-state index in [4.69, 9.17) is 9.94 Å². The fourth-order valence-corrected chi connectivity index (χ4v) is 0.405. The second-order valence-electron chi connectivity index (χ2n) is 2.90. The number of nitrogens with one attached hydrogen (secondary N) is 1. The summed E-state index contributed by atoms with van der Waals surface area (Å²) in [6.07, 6.45) is -0.341. The van der Waals surface area contributed by atoms with Gasteiger partial charge in [-0.1, -0.05) is 13.8 Å². The maximum Gasteiger partial charge on any atom is 0.0705 e. The first kappa shape index (κ1) is 9.88. The van der Waals surface area contributed by atoms with Gasteiger partial charge in [-0.25, -0.2) is 0 Å². The van der Waals surface area contributed by atoms with Crippen LogP contribution in [0.1, 0.15) is 20.8 Å². The number of hydroxylamine groups is 1. The van der Waals surface area contributed by atoms with Crippen molar-refractivity contribution in [2.75, 3.05) is 13.2 Å². The fourth-order valence-electron chi connectivity index (χ4n) is 0.405. The van der Waals surface area contributed by atoms with E-state index in [1.54, 1.807) is 6.92 Å². The maximum absolute atomic E-state index is 8.78. The third-order valence-electron chi connectivity index (χ3n) is 0.897. The molecule has 0 spiro atoms. The lowest BCUT2D eigenvalue weighted by molar-refractivity contribution is 0.00386. The molecule has 0 radical (unpaired) electrons. The van der Waals surface area contributed by atoms with Gasteiger partial charge in [-0.15, -0.1) is 0 Å². The summed E-state index contributed by atoms with van der Waals surface area (Å²) in [5.74, 6) is 0.529. The number of hydrogen-bond acceptors (Lipinski definition) is 3. The van der Waals surface area contributed by atoms with E-state index in [9.17, 15) is 0 Å². The Morgan fingerprint density at radius 1 is 1.40 bits per heavy atom. The summed E-state index contributed by atoms with van der Waals surface area (Å²) < 4.78 is 0. The minimum Gasteiger partial charge on any atom is -0.392 e. The lowest BCUT2D eigenvalue weighted by Crippen LogP contribution is -2.26. The topological polar surface area (TPSA) is 41.5 Å². The van der Waals surface area contributed by atoms with E-state index in [1.165, 1.54) is 0 Å². The smallest absolute Gasteiger partial charge is 0.0705 e. The molecule has 0 aromatic heterocycles. The molecule has 0 saturated carbocycles. The van der Waals surface area contributed by atoms with Crippen LogP contribution in [0.2, 0.25) is 0 Å². The third kappa shape index (κ3) is 7.88. The van der Waals surface area contributed by atoms with Crippen LogP contribution in [-0.2, 0) is 4.84 Å². The van der Waals surface area contributed by atoms with Crippen LogP contribution >= 0.6 is 0 Å². The Hall–Kier alpha value is -0.120. The Kier molecular flexibility index (Phi) is 5.58. The standard InChI is InChI=1S/C7H17NO2/c1-6(2)5-10-8-4-7(3)9/h6-9H,4-5H2,1-3H3. The van der Waals surface area contributed by atoms with Crippen molar-refractivity contribution in [2.45, 2.75) is 26.9 Å². The van der Waals surface area contributed by atoms with Gasteiger partial charge in [-0.05, 0) is 12.8 Å². The van der Waals surface area contributed by atoms with Gasteiger partial charge in [0.1, 0.15) is 0 Å². The van der Waals surface area contributed by atoms with Gasteiger partial charge in [0.25, 0.3) is 0 Å². The van der Waals surface area contributed by atoms with Crippen molar-refractivity contribution < 1.29 is 9.94 Å². The van der Waals surface area contributed by atoms with Gasteiger partial charge in [0.15, 0.2) is 0 Å². The molecular weight excluding hydrogens is 130 g/mol. The molecule has 2 N–H and O–H groups in total. The van der Waals surface area contributed by atoms with Crippen LogP contribution in [0.4, 0.5) is 0 Å². The van der Waals surface area contributed by atoms with Crippen molar-refractivity contribution in [1.82, 2.24) is 5.48 Å². The van der Waals surface area contributed by atoms with E-state index in [0.717, 1.165) is 0 Å².